The first kappa shape index (κ1) is 20.5. The van der Waals surface area contributed by atoms with Crippen LogP contribution in [0.4, 0.5) is 0 Å². The fraction of sp³-hybridized carbons (Fsp3) is 0.318. The quantitative estimate of drug-likeness (QED) is 0.526. The number of carbonyl (C=O) groups excluding carboxylic acids is 2. The zero-order valence-corrected chi connectivity index (χ0v) is 17.1. The van der Waals surface area contributed by atoms with E-state index in [1.54, 1.807) is 36.5 Å². The lowest BCUT2D eigenvalue weighted by atomic mass is 10.00. The summed E-state index contributed by atoms with van der Waals surface area (Å²) in [6, 6.07) is 10.0. The molecule has 1 aliphatic rings. The highest BCUT2D eigenvalue weighted by Gasteiger charge is 2.30. The van der Waals surface area contributed by atoms with Gasteiger partial charge >= 0.3 is 0 Å². The second-order valence-electron chi connectivity index (χ2n) is 7.51. The highest BCUT2D eigenvalue weighted by Crippen LogP contribution is 2.20. The molecule has 0 saturated carbocycles. The number of halogens is 1. The first-order valence-corrected chi connectivity index (χ1v) is 10.3. The van der Waals surface area contributed by atoms with E-state index in [-0.39, 0.29) is 24.3 Å². The van der Waals surface area contributed by atoms with Crippen LogP contribution < -0.4 is 5.32 Å². The van der Waals surface area contributed by atoms with Crippen molar-refractivity contribution in [1.29, 1.82) is 0 Å². The minimum Gasteiger partial charge on any atom is -0.393 e. The Kier molecular flexibility index (Phi) is 6.13. The maximum atomic E-state index is 13.1. The number of aromatic nitrogens is 2. The van der Waals surface area contributed by atoms with Gasteiger partial charge in [-0.1, -0.05) is 11.6 Å². The molecule has 3 N–H and O–H groups in total. The number of amides is 1. The molecule has 3 aromatic rings. The van der Waals surface area contributed by atoms with Gasteiger partial charge in [0.15, 0.2) is 5.78 Å². The number of fused-ring (bicyclic) bond motifs is 1. The molecule has 1 atom stereocenters. The van der Waals surface area contributed by atoms with Gasteiger partial charge in [-0.25, -0.2) is 0 Å². The second kappa shape index (κ2) is 8.95. The molecule has 0 radical (unpaired) electrons. The Hall–Kier alpha value is -2.74. The minimum absolute atomic E-state index is 0.0942. The van der Waals surface area contributed by atoms with E-state index in [2.05, 4.69) is 15.3 Å². The lowest BCUT2D eigenvalue weighted by Crippen LogP contribution is -2.52. The van der Waals surface area contributed by atoms with Gasteiger partial charge in [0.05, 0.1) is 12.1 Å². The molecule has 1 amide bonds. The highest BCUT2D eigenvalue weighted by atomic mass is 35.5. The molecule has 0 aliphatic carbocycles. The number of pyridine rings is 1. The Labute approximate surface area is 179 Å². The molecular formula is C22H23ClN4O3. The Morgan fingerprint density at radius 1 is 1.27 bits per heavy atom. The van der Waals surface area contributed by atoms with Crippen molar-refractivity contribution in [2.24, 2.45) is 0 Å². The normalized spacial score (nSPS) is 16.5. The number of benzene rings is 1. The van der Waals surface area contributed by atoms with E-state index >= 15 is 0 Å². The van der Waals surface area contributed by atoms with Crippen LogP contribution in [0.3, 0.4) is 0 Å². The number of piperidine rings is 1. The first-order valence-electron chi connectivity index (χ1n) is 9.94. The smallest absolute Gasteiger partial charge is 0.267 e. The van der Waals surface area contributed by atoms with Gasteiger partial charge in [0, 0.05) is 53.5 Å². The average Bonchev–Trinajstić information content (AvgIpc) is 3.18. The lowest BCUT2D eigenvalue weighted by Gasteiger charge is -2.35. The third-order valence-electron chi connectivity index (χ3n) is 5.47. The van der Waals surface area contributed by atoms with E-state index in [0.29, 0.717) is 42.2 Å². The largest absolute Gasteiger partial charge is 0.393 e. The summed E-state index contributed by atoms with van der Waals surface area (Å²) < 4.78 is 0. The minimum atomic E-state index is -0.524. The van der Waals surface area contributed by atoms with E-state index in [1.165, 1.54) is 6.20 Å². The number of aliphatic hydroxyl groups is 1. The van der Waals surface area contributed by atoms with Crippen LogP contribution in [0.15, 0.2) is 48.8 Å². The van der Waals surface area contributed by atoms with E-state index in [1.807, 2.05) is 11.0 Å². The molecule has 1 unspecified atom stereocenters. The fourth-order valence-electron chi connectivity index (χ4n) is 3.80. The predicted molar refractivity (Wildman–Crippen MR) is 115 cm³/mol. The van der Waals surface area contributed by atoms with E-state index in [4.69, 9.17) is 11.6 Å². The third kappa shape index (κ3) is 4.53. The predicted octanol–water partition coefficient (Wildman–Crippen LogP) is 2.65. The summed E-state index contributed by atoms with van der Waals surface area (Å²) in [6.45, 7) is 1.36. The third-order valence-corrected chi connectivity index (χ3v) is 5.71. The molecule has 3 heterocycles. The Morgan fingerprint density at radius 2 is 2.07 bits per heavy atom. The maximum Gasteiger partial charge on any atom is 0.267 e. The van der Waals surface area contributed by atoms with E-state index in [9.17, 15) is 14.7 Å². The molecule has 7 nitrogen and oxygen atoms in total. The van der Waals surface area contributed by atoms with Crippen molar-refractivity contribution >= 4 is 34.2 Å². The van der Waals surface area contributed by atoms with Gasteiger partial charge < -0.3 is 15.4 Å². The summed E-state index contributed by atoms with van der Waals surface area (Å²) in [5, 5.41) is 14.1. The summed E-state index contributed by atoms with van der Waals surface area (Å²) in [4.78, 5) is 35.0. The zero-order chi connectivity index (χ0) is 21.1. The van der Waals surface area contributed by atoms with Crippen LogP contribution in [0.25, 0.3) is 10.9 Å². The molecule has 1 aliphatic heterocycles. The molecule has 1 saturated heterocycles. The molecule has 2 aromatic heterocycles. The standard InChI is InChI=1S/C22H23ClN4O3/c23-16-3-4-18-15(10-16)11-19(26-18)22(30)25-13-20(27-8-5-17(28)6-9-27)21(29)14-2-1-7-24-12-14/h1-4,7,10-12,17,20,26,28H,5-6,8-9,13H2,(H,25,30). The zero-order valence-electron chi connectivity index (χ0n) is 16.3. The number of likely N-dealkylation sites (tertiary alicyclic amines) is 1. The van der Waals surface area contributed by atoms with Crippen molar-refractivity contribution < 1.29 is 14.7 Å². The molecule has 0 bridgehead atoms. The number of aliphatic hydroxyl groups excluding tert-OH is 1. The van der Waals surface area contributed by atoms with Crippen molar-refractivity contribution in [3.8, 4) is 0 Å². The second-order valence-corrected chi connectivity index (χ2v) is 7.95. The number of hydrogen-bond donors (Lipinski definition) is 3. The SMILES string of the molecule is O=C(NCC(C(=O)c1cccnc1)N1CCC(O)CC1)c1cc2cc(Cl)ccc2[nH]1. The number of H-pyrrole nitrogens is 1. The van der Waals surface area contributed by atoms with Gasteiger partial charge in [-0.2, -0.15) is 0 Å². The fourth-order valence-corrected chi connectivity index (χ4v) is 3.98. The van der Waals surface area contributed by atoms with Gasteiger partial charge in [-0.05, 0) is 49.2 Å². The number of hydrogen-bond acceptors (Lipinski definition) is 5. The van der Waals surface area contributed by atoms with Crippen LogP contribution in [0.1, 0.15) is 33.7 Å². The van der Waals surface area contributed by atoms with Gasteiger partial charge in [0.25, 0.3) is 5.91 Å². The molecule has 0 spiro atoms. The average molecular weight is 427 g/mol. The van der Waals surface area contributed by atoms with Gasteiger partial charge in [-0.15, -0.1) is 0 Å². The number of aromatic amines is 1. The Bertz CT molecular complexity index is 1040. The number of nitrogens with one attached hydrogen (secondary N) is 2. The summed E-state index contributed by atoms with van der Waals surface area (Å²) in [7, 11) is 0. The van der Waals surface area contributed by atoms with Gasteiger partial charge in [-0.3, -0.25) is 19.5 Å². The molecular weight excluding hydrogens is 404 g/mol. The molecule has 8 heteroatoms. The van der Waals surface area contributed by atoms with Crippen molar-refractivity contribution in [1.82, 2.24) is 20.2 Å². The summed E-state index contributed by atoms with van der Waals surface area (Å²) >= 11 is 6.02. The Morgan fingerprint density at radius 3 is 2.80 bits per heavy atom. The summed E-state index contributed by atoms with van der Waals surface area (Å²) in [5.74, 6) is -0.383. The van der Waals surface area contributed by atoms with Gasteiger partial charge in [0.2, 0.25) is 0 Å². The maximum absolute atomic E-state index is 13.1. The van der Waals surface area contributed by atoms with E-state index < -0.39 is 6.04 Å². The van der Waals surface area contributed by atoms with Crippen LogP contribution >= 0.6 is 11.6 Å². The van der Waals surface area contributed by atoms with Crippen molar-refractivity contribution in [2.75, 3.05) is 19.6 Å². The van der Waals surface area contributed by atoms with Crippen molar-refractivity contribution in [3.63, 3.8) is 0 Å². The molecule has 156 valence electrons. The van der Waals surface area contributed by atoms with Crippen LogP contribution in [-0.2, 0) is 0 Å². The molecule has 1 fully saturated rings. The van der Waals surface area contributed by atoms with Crippen LogP contribution in [0, 0.1) is 0 Å². The van der Waals surface area contributed by atoms with Crippen molar-refractivity contribution in [3.05, 3.63) is 65.1 Å². The topological polar surface area (TPSA) is 98.3 Å². The Balaban J connectivity index is 1.50. The summed E-state index contributed by atoms with van der Waals surface area (Å²) in [5.41, 5.74) is 1.73. The number of ketones is 1. The molecule has 4 rings (SSSR count). The number of rotatable bonds is 6. The number of Topliss-reactive ketones (excluding diaryl/α,β-unsaturated/α-hetero) is 1. The van der Waals surface area contributed by atoms with E-state index in [0.717, 1.165) is 10.9 Å². The van der Waals surface area contributed by atoms with Gasteiger partial charge in [0.1, 0.15) is 5.69 Å². The molecule has 30 heavy (non-hydrogen) atoms. The number of nitrogens with zero attached hydrogens (tertiary/aromatic N) is 2. The van der Waals surface area contributed by atoms with Crippen LogP contribution in [-0.4, -0.2) is 63.4 Å². The number of carbonyl (C=O) groups is 2. The van der Waals surface area contributed by atoms with Crippen LogP contribution in [0.5, 0.6) is 0 Å². The monoisotopic (exact) mass is 426 g/mol. The van der Waals surface area contributed by atoms with Crippen molar-refractivity contribution in [2.45, 2.75) is 25.0 Å². The lowest BCUT2D eigenvalue weighted by molar-refractivity contribution is 0.0508. The highest BCUT2D eigenvalue weighted by molar-refractivity contribution is 6.31. The first-order chi connectivity index (χ1) is 14.5. The molecule has 1 aromatic carbocycles. The summed E-state index contributed by atoms with van der Waals surface area (Å²) in [6.07, 6.45) is 4.02. The van der Waals surface area contributed by atoms with Crippen LogP contribution in [0.2, 0.25) is 5.02 Å².